The van der Waals surface area contributed by atoms with E-state index in [1.807, 2.05) is 0 Å². The molecule has 1 aromatic carbocycles. The number of hydrogen-bond acceptors (Lipinski definition) is 5. The van der Waals surface area contributed by atoms with Crippen LogP contribution < -0.4 is 4.72 Å². The number of carbonyl (C=O) groups excluding carboxylic acids is 1. The predicted octanol–water partition coefficient (Wildman–Crippen LogP) is 2.66. The van der Waals surface area contributed by atoms with E-state index in [-0.39, 0.29) is 16.6 Å². The topological polar surface area (TPSA) is 92.5 Å². The Kier molecular flexibility index (Phi) is 5.61. The molecule has 24 heavy (non-hydrogen) atoms. The molecule has 2 rings (SSSR count). The summed E-state index contributed by atoms with van der Waals surface area (Å²) in [5.74, 6) is 0.489. The van der Waals surface area contributed by atoms with Gasteiger partial charge in [-0.1, -0.05) is 18.5 Å². The number of sulfonamides is 1. The molecule has 0 aliphatic heterocycles. The molecule has 0 saturated carbocycles. The van der Waals surface area contributed by atoms with Gasteiger partial charge in [0, 0.05) is 25.2 Å². The molecular formula is C16H21N3O4S. The molecule has 1 N–H and O–H groups in total. The summed E-state index contributed by atoms with van der Waals surface area (Å²) in [4.78, 5) is 13.9. The first kappa shape index (κ1) is 18.0. The molecule has 7 nitrogen and oxygen atoms in total. The number of rotatable bonds is 7. The molecule has 1 heterocycles. The van der Waals surface area contributed by atoms with Crippen LogP contribution in [0.2, 0.25) is 0 Å². The van der Waals surface area contributed by atoms with Crippen molar-refractivity contribution in [3.63, 3.8) is 0 Å². The maximum absolute atomic E-state index is 12.3. The normalized spacial score (nSPS) is 11.3. The highest BCUT2D eigenvalue weighted by Gasteiger charge is 2.18. The van der Waals surface area contributed by atoms with E-state index in [0.29, 0.717) is 17.9 Å². The third kappa shape index (κ3) is 4.35. The van der Waals surface area contributed by atoms with Crippen LogP contribution in [-0.2, 0) is 10.0 Å². The Morgan fingerprint density at radius 2 is 1.96 bits per heavy atom. The molecule has 1 aromatic heterocycles. The Balaban J connectivity index is 2.12. The van der Waals surface area contributed by atoms with Crippen molar-refractivity contribution in [2.45, 2.75) is 31.6 Å². The van der Waals surface area contributed by atoms with E-state index >= 15 is 0 Å². The summed E-state index contributed by atoms with van der Waals surface area (Å²) in [7, 11) is -2.04. The molecule has 0 unspecified atom stereocenters. The van der Waals surface area contributed by atoms with Crippen LogP contribution in [0, 0.1) is 6.92 Å². The monoisotopic (exact) mass is 351 g/mol. The number of nitrogens with one attached hydrogen (secondary N) is 1. The predicted molar refractivity (Wildman–Crippen MR) is 90.4 cm³/mol. The van der Waals surface area contributed by atoms with Gasteiger partial charge < -0.3 is 9.42 Å². The van der Waals surface area contributed by atoms with Crippen molar-refractivity contribution in [1.82, 2.24) is 10.1 Å². The zero-order valence-corrected chi connectivity index (χ0v) is 14.8. The molecule has 0 atom stereocenters. The second kappa shape index (κ2) is 7.48. The minimum atomic E-state index is -3.77. The van der Waals surface area contributed by atoms with Crippen molar-refractivity contribution in [3.8, 4) is 0 Å². The molecule has 0 spiro atoms. The third-order valence-corrected chi connectivity index (χ3v) is 4.84. The van der Waals surface area contributed by atoms with Crippen LogP contribution in [0.25, 0.3) is 0 Å². The number of anilines is 1. The van der Waals surface area contributed by atoms with Crippen LogP contribution in [0.4, 0.5) is 5.82 Å². The lowest BCUT2D eigenvalue weighted by molar-refractivity contribution is 0.0793. The summed E-state index contributed by atoms with van der Waals surface area (Å²) in [5, 5.41) is 3.60. The number of unbranched alkanes of at least 4 members (excludes halogenated alkanes) is 1. The van der Waals surface area contributed by atoms with E-state index in [2.05, 4.69) is 16.8 Å². The Morgan fingerprint density at radius 3 is 2.50 bits per heavy atom. The summed E-state index contributed by atoms with van der Waals surface area (Å²) in [6, 6.07) is 7.30. The first-order chi connectivity index (χ1) is 11.3. The van der Waals surface area contributed by atoms with Gasteiger partial charge in [-0.3, -0.25) is 9.52 Å². The van der Waals surface area contributed by atoms with E-state index in [4.69, 9.17) is 4.52 Å². The SMILES string of the molecule is CCCCN(C)C(=O)c1ccc(S(=O)(=O)Nc2cc(C)on2)cc1. The Morgan fingerprint density at radius 1 is 1.29 bits per heavy atom. The maximum Gasteiger partial charge on any atom is 0.263 e. The second-order valence-electron chi connectivity index (χ2n) is 5.53. The van der Waals surface area contributed by atoms with E-state index in [1.165, 1.54) is 30.3 Å². The fourth-order valence-electron chi connectivity index (χ4n) is 2.10. The van der Waals surface area contributed by atoms with Crippen LogP contribution in [0.1, 0.15) is 35.9 Å². The first-order valence-corrected chi connectivity index (χ1v) is 9.13. The number of nitrogens with zero attached hydrogens (tertiary/aromatic N) is 2. The van der Waals surface area contributed by atoms with Gasteiger partial charge in [-0.2, -0.15) is 0 Å². The molecule has 0 saturated heterocycles. The molecular weight excluding hydrogens is 330 g/mol. The van der Waals surface area contributed by atoms with Crippen LogP contribution in [-0.4, -0.2) is 38.0 Å². The van der Waals surface area contributed by atoms with Gasteiger partial charge in [0.05, 0.1) is 4.90 Å². The summed E-state index contributed by atoms with van der Waals surface area (Å²) >= 11 is 0. The fourth-order valence-corrected chi connectivity index (χ4v) is 3.09. The quantitative estimate of drug-likeness (QED) is 0.828. The average Bonchev–Trinajstić information content (AvgIpc) is 2.96. The Hall–Kier alpha value is -2.35. The summed E-state index contributed by atoms with van der Waals surface area (Å²) in [5.41, 5.74) is 0.449. The largest absolute Gasteiger partial charge is 0.360 e. The van der Waals surface area contributed by atoms with Gasteiger partial charge in [0.15, 0.2) is 5.82 Å². The van der Waals surface area contributed by atoms with E-state index in [0.717, 1.165) is 12.8 Å². The smallest absolute Gasteiger partial charge is 0.263 e. The van der Waals surface area contributed by atoms with Crippen molar-refractivity contribution in [3.05, 3.63) is 41.7 Å². The number of aryl methyl sites for hydroxylation is 1. The molecule has 0 aliphatic rings. The van der Waals surface area contributed by atoms with Gasteiger partial charge in [-0.05, 0) is 37.6 Å². The molecule has 0 radical (unpaired) electrons. The zero-order valence-electron chi connectivity index (χ0n) is 13.9. The molecule has 0 aliphatic carbocycles. The Bertz CT molecular complexity index is 797. The highest BCUT2D eigenvalue weighted by molar-refractivity contribution is 7.92. The van der Waals surface area contributed by atoms with Crippen LogP contribution in [0.15, 0.2) is 39.8 Å². The third-order valence-electron chi connectivity index (χ3n) is 3.47. The van der Waals surface area contributed by atoms with Crippen LogP contribution in [0.5, 0.6) is 0 Å². The minimum absolute atomic E-state index is 0.0518. The number of carbonyl (C=O) groups is 1. The number of amides is 1. The van der Waals surface area contributed by atoms with E-state index in [9.17, 15) is 13.2 Å². The van der Waals surface area contributed by atoms with Crippen LogP contribution in [0.3, 0.4) is 0 Å². The number of benzene rings is 1. The first-order valence-electron chi connectivity index (χ1n) is 7.65. The standard InChI is InChI=1S/C16H21N3O4S/c1-4-5-10-19(3)16(20)13-6-8-14(9-7-13)24(21,22)18-15-11-12(2)23-17-15/h6-9,11H,4-5,10H2,1-3H3,(H,17,18). The molecule has 8 heteroatoms. The zero-order chi connectivity index (χ0) is 17.7. The van der Waals surface area contributed by atoms with Gasteiger partial charge in [-0.25, -0.2) is 8.42 Å². The minimum Gasteiger partial charge on any atom is -0.360 e. The van der Waals surface area contributed by atoms with Crippen molar-refractivity contribution < 1.29 is 17.7 Å². The van der Waals surface area contributed by atoms with Crippen molar-refractivity contribution in [2.24, 2.45) is 0 Å². The molecule has 0 fully saturated rings. The van der Waals surface area contributed by atoms with Crippen molar-refractivity contribution in [1.29, 1.82) is 0 Å². The molecule has 2 aromatic rings. The van der Waals surface area contributed by atoms with Gasteiger partial charge in [0.2, 0.25) is 0 Å². The fraction of sp³-hybridized carbons (Fsp3) is 0.375. The summed E-state index contributed by atoms with van der Waals surface area (Å²) in [6.07, 6.45) is 1.93. The van der Waals surface area contributed by atoms with Gasteiger partial charge in [-0.15, -0.1) is 0 Å². The molecule has 1 amide bonds. The average molecular weight is 351 g/mol. The van der Waals surface area contributed by atoms with E-state index < -0.39 is 10.0 Å². The summed E-state index contributed by atoms with van der Waals surface area (Å²) in [6.45, 7) is 4.39. The number of hydrogen-bond donors (Lipinski definition) is 1. The number of aromatic nitrogens is 1. The lowest BCUT2D eigenvalue weighted by Gasteiger charge is -2.16. The molecule has 0 bridgehead atoms. The lowest BCUT2D eigenvalue weighted by atomic mass is 10.2. The summed E-state index contributed by atoms with van der Waals surface area (Å²) < 4.78 is 31.7. The van der Waals surface area contributed by atoms with Crippen molar-refractivity contribution in [2.75, 3.05) is 18.3 Å². The highest BCUT2D eigenvalue weighted by atomic mass is 32.2. The maximum atomic E-state index is 12.3. The second-order valence-corrected chi connectivity index (χ2v) is 7.22. The molecule has 130 valence electrons. The van der Waals surface area contributed by atoms with Crippen molar-refractivity contribution >= 4 is 21.7 Å². The van der Waals surface area contributed by atoms with Gasteiger partial charge >= 0.3 is 0 Å². The Labute approximate surface area is 141 Å². The lowest BCUT2D eigenvalue weighted by Crippen LogP contribution is -2.27. The van der Waals surface area contributed by atoms with E-state index in [1.54, 1.807) is 18.9 Å². The van der Waals surface area contributed by atoms with Gasteiger partial charge in [0.1, 0.15) is 5.76 Å². The highest BCUT2D eigenvalue weighted by Crippen LogP contribution is 2.17. The van der Waals surface area contributed by atoms with Gasteiger partial charge in [0.25, 0.3) is 15.9 Å². The van der Waals surface area contributed by atoms with Crippen LogP contribution >= 0.6 is 0 Å².